The Morgan fingerprint density at radius 1 is 1.03 bits per heavy atom. The quantitative estimate of drug-likeness (QED) is 0.368. The number of aliphatic hydroxyl groups excluding tert-OH is 1. The van der Waals surface area contributed by atoms with Gasteiger partial charge in [-0.3, -0.25) is 9.59 Å². The lowest BCUT2D eigenvalue weighted by molar-refractivity contribution is 0.0859. The Hall–Kier alpha value is -3.49. The minimum atomic E-state index is -0.663. The van der Waals surface area contributed by atoms with E-state index >= 15 is 0 Å². The molecule has 0 spiro atoms. The number of Topliss-reactive ketones (excluding diaryl/α,β-unsaturated/α-hetero) is 2. The highest BCUT2D eigenvalue weighted by atomic mass is 35.5. The van der Waals surface area contributed by atoms with Crippen LogP contribution in [0.3, 0.4) is 0 Å². The van der Waals surface area contributed by atoms with Gasteiger partial charge in [0.05, 0.1) is 25.8 Å². The fourth-order valence-corrected chi connectivity index (χ4v) is 3.64. The second-order valence-electron chi connectivity index (χ2n) is 7.71. The number of benzene rings is 2. The van der Waals surface area contributed by atoms with E-state index in [2.05, 4.69) is 4.98 Å². The Labute approximate surface area is 207 Å². The first-order chi connectivity index (χ1) is 16.8. The zero-order valence-electron chi connectivity index (χ0n) is 19.5. The molecule has 0 saturated carbocycles. The van der Waals surface area contributed by atoms with Crippen molar-refractivity contribution in [3.05, 3.63) is 70.6 Å². The maximum Gasteiger partial charge on any atom is 0.184 e. The topological polar surface area (TPSA) is 95.0 Å². The van der Waals surface area contributed by atoms with E-state index in [1.165, 1.54) is 44.6 Å². The molecule has 0 fully saturated rings. The number of methoxy groups -OCH3 is 2. The number of aromatic nitrogens is 1. The highest BCUT2D eigenvalue weighted by Crippen LogP contribution is 2.32. The van der Waals surface area contributed by atoms with Crippen LogP contribution in [0.5, 0.6) is 17.2 Å². The molecule has 1 heterocycles. The molecule has 0 radical (unpaired) electrons. The van der Waals surface area contributed by atoms with Gasteiger partial charge in [0.1, 0.15) is 29.6 Å². The first-order valence-corrected chi connectivity index (χ1v) is 11.2. The molecule has 35 heavy (non-hydrogen) atoms. The van der Waals surface area contributed by atoms with Gasteiger partial charge >= 0.3 is 0 Å². The first kappa shape index (κ1) is 26.1. The summed E-state index contributed by atoms with van der Waals surface area (Å²) in [5, 5.41) is 8.85. The molecule has 0 aliphatic rings. The molecule has 2 aromatic carbocycles. The van der Waals surface area contributed by atoms with Crippen LogP contribution in [0.4, 0.5) is 4.39 Å². The van der Waals surface area contributed by atoms with Crippen LogP contribution in [0.25, 0.3) is 11.3 Å². The maximum absolute atomic E-state index is 13.6. The Bertz CT molecular complexity index is 1230. The van der Waals surface area contributed by atoms with Crippen molar-refractivity contribution in [2.75, 3.05) is 27.4 Å². The van der Waals surface area contributed by atoms with Crippen LogP contribution < -0.4 is 14.2 Å². The summed E-state index contributed by atoms with van der Waals surface area (Å²) in [6.07, 6.45) is -0.0513. The number of carbonyl (C=O) groups is 2. The third-order valence-corrected chi connectivity index (χ3v) is 5.59. The van der Waals surface area contributed by atoms with Gasteiger partial charge in [0, 0.05) is 23.5 Å². The lowest BCUT2D eigenvalue weighted by Gasteiger charge is -2.14. The van der Waals surface area contributed by atoms with Crippen molar-refractivity contribution < 1.29 is 33.3 Å². The van der Waals surface area contributed by atoms with Crippen molar-refractivity contribution in [3.63, 3.8) is 0 Å². The summed E-state index contributed by atoms with van der Waals surface area (Å²) in [6, 6.07) is 11.9. The van der Waals surface area contributed by atoms with Crippen LogP contribution >= 0.6 is 11.6 Å². The summed E-state index contributed by atoms with van der Waals surface area (Å²) < 4.78 is 29.6. The monoisotopic (exact) mass is 501 g/mol. The number of carbonyl (C=O) groups excluding carboxylic acids is 2. The fraction of sp³-hybridized carbons (Fsp3) is 0.269. The summed E-state index contributed by atoms with van der Waals surface area (Å²) in [6.45, 7) is 1.59. The minimum Gasteiger partial charge on any atom is -0.494 e. The van der Waals surface area contributed by atoms with Crippen LogP contribution in [0.2, 0.25) is 5.02 Å². The van der Waals surface area contributed by atoms with Crippen LogP contribution in [0.1, 0.15) is 34.2 Å². The molecule has 1 N–H and O–H groups in total. The summed E-state index contributed by atoms with van der Waals surface area (Å²) in [5.74, 6) is -0.672. The molecular formula is C26H25ClFNO6. The molecule has 3 rings (SSSR count). The lowest BCUT2D eigenvalue weighted by Crippen LogP contribution is -2.17. The van der Waals surface area contributed by atoms with Crippen molar-refractivity contribution in [1.82, 2.24) is 4.98 Å². The van der Waals surface area contributed by atoms with Gasteiger partial charge in [-0.15, -0.1) is 0 Å². The lowest BCUT2D eigenvalue weighted by atomic mass is 9.94. The molecule has 7 nitrogen and oxygen atoms in total. The van der Waals surface area contributed by atoms with Crippen LogP contribution in [0.15, 0.2) is 48.5 Å². The molecule has 0 bridgehead atoms. The number of rotatable bonds is 11. The normalized spacial score (nSPS) is 11.6. The fourth-order valence-electron chi connectivity index (χ4n) is 3.46. The molecule has 3 aromatic rings. The Balaban J connectivity index is 1.80. The van der Waals surface area contributed by atoms with Crippen molar-refractivity contribution in [2.24, 2.45) is 5.92 Å². The number of pyridine rings is 1. The van der Waals surface area contributed by atoms with Crippen molar-refractivity contribution in [3.8, 4) is 28.5 Å². The largest absolute Gasteiger partial charge is 0.494 e. The number of hydrogen-bond acceptors (Lipinski definition) is 7. The summed E-state index contributed by atoms with van der Waals surface area (Å²) >= 11 is 5.91. The third kappa shape index (κ3) is 6.15. The van der Waals surface area contributed by atoms with E-state index in [0.717, 1.165) is 0 Å². The van der Waals surface area contributed by atoms with Gasteiger partial charge in [-0.05, 0) is 48.5 Å². The second kappa shape index (κ2) is 11.8. The highest BCUT2D eigenvalue weighted by Gasteiger charge is 2.23. The van der Waals surface area contributed by atoms with Crippen LogP contribution in [-0.2, 0) is 0 Å². The smallest absolute Gasteiger partial charge is 0.184 e. The number of aliphatic hydroxyl groups is 1. The zero-order chi connectivity index (χ0) is 25.5. The van der Waals surface area contributed by atoms with E-state index in [1.807, 2.05) is 0 Å². The Kier molecular flexibility index (Phi) is 8.78. The van der Waals surface area contributed by atoms with E-state index in [9.17, 15) is 14.0 Å². The predicted octanol–water partition coefficient (Wildman–Crippen LogP) is 5.02. The molecule has 0 saturated heterocycles. The minimum absolute atomic E-state index is 0.0513. The van der Waals surface area contributed by atoms with Crippen molar-refractivity contribution in [2.45, 2.75) is 13.3 Å². The standard InChI is InChI=1S/C26H25ClFNO6/c1-15(12-21(31)16-5-8-22(35-11-10-30)24(14-16)34-3)26(32)20-7-9-23(33-2)25(29-20)17-4-6-19(28)18(27)13-17/h4-9,13-15,30H,10-12H2,1-3H3. The number of hydrogen-bond donors (Lipinski definition) is 1. The molecule has 0 aliphatic carbocycles. The van der Waals surface area contributed by atoms with E-state index < -0.39 is 11.7 Å². The van der Waals surface area contributed by atoms with Gasteiger partial charge < -0.3 is 19.3 Å². The van der Waals surface area contributed by atoms with Gasteiger partial charge in [-0.1, -0.05) is 18.5 Å². The third-order valence-electron chi connectivity index (χ3n) is 5.30. The van der Waals surface area contributed by atoms with Gasteiger partial charge in [-0.2, -0.15) is 0 Å². The molecule has 1 atom stereocenters. The average Bonchev–Trinajstić information content (AvgIpc) is 2.87. The number of ketones is 2. The first-order valence-electron chi connectivity index (χ1n) is 10.8. The van der Waals surface area contributed by atoms with E-state index in [-0.39, 0.29) is 41.9 Å². The van der Waals surface area contributed by atoms with Crippen molar-refractivity contribution in [1.29, 1.82) is 0 Å². The highest BCUT2D eigenvalue weighted by molar-refractivity contribution is 6.31. The van der Waals surface area contributed by atoms with Crippen LogP contribution in [-0.4, -0.2) is 49.1 Å². The van der Waals surface area contributed by atoms with E-state index in [0.29, 0.717) is 34.1 Å². The van der Waals surface area contributed by atoms with Gasteiger partial charge in [0.15, 0.2) is 23.1 Å². The van der Waals surface area contributed by atoms with Gasteiger partial charge in [0.2, 0.25) is 0 Å². The van der Waals surface area contributed by atoms with Crippen LogP contribution in [0, 0.1) is 11.7 Å². The molecule has 9 heteroatoms. The number of halogens is 2. The summed E-state index contributed by atoms with van der Waals surface area (Å²) in [5.41, 5.74) is 1.33. The van der Waals surface area contributed by atoms with E-state index in [1.54, 1.807) is 25.1 Å². The van der Waals surface area contributed by atoms with Gasteiger partial charge in [-0.25, -0.2) is 9.37 Å². The molecule has 0 aliphatic heterocycles. The van der Waals surface area contributed by atoms with Gasteiger partial charge in [0.25, 0.3) is 0 Å². The Morgan fingerprint density at radius 3 is 2.40 bits per heavy atom. The maximum atomic E-state index is 13.6. The zero-order valence-corrected chi connectivity index (χ0v) is 20.3. The SMILES string of the molecule is COc1cc(C(=O)CC(C)C(=O)c2ccc(OC)c(-c3ccc(F)c(Cl)c3)n2)ccc1OCCO. The van der Waals surface area contributed by atoms with Crippen molar-refractivity contribution >= 4 is 23.2 Å². The number of nitrogens with zero attached hydrogens (tertiary/aromatic N) is 1. The second-order valence-corrected chi connectivity index (χ2v) is 8.11. The summed E-state index contributed by atoms with van der Waals surface area (Å²) in [4.78, 5) is 30.4. The molecule has 1 unspecified atom stereocenters. The predicted molar refractivity (Wildman–Crippen MR) is 129 cm³/mol. The van der Waals surface area contributed by atoms with E-state index in [4.69, 9.17) is 30.9 Å². The number of ether oxygens (including phenoxy) is 3. The molecule has 0 amide bonds. The average molecular weight is 502 g/mol. The summed E-state index contributed by atoms with van der Waals surface area (Å²) in [7, 11) is 2.91. The molecule has 184 valence electrons. The molecular weight excluding hydrogens is 477 g/mol. The Morgan fingerprint density at radius 2 is 1.74 bits per heavy atom. The molecule has 1 aromatic heterocycles.